The molecule has 1 unspecified atom stereocenters. The van der Waals surface area contributed by atoms with E-state index in [9.17, 15) is 9.90 Å². The zero-order valence-electron chi connectivity index (χ0n) is 18.7. The summed E-state index contributed by atoms with van der Waals surface area (Å²) in [6.45, 7) is 2.45. The highest BCUT2D eigenvalue weighted by atomic mass is 16.5. The number of carboxylic acid groups (broad SMARTS) is 1. The van der Waals surface area contributed by atoms with Gasteiger partial charge in [-0.25, -0.2) is 4.79 Å². The normalized spacial score (nSPS) is 13.3. The van der Waals surface area contributed by atoms with Crippen molar-refractivity contribution in [1.82, 2.24) is 0 Å². The number of ether oxygens (including phenoxy) is 3. The lowest BCUT2D eigenvalue weighted by Gasteiger charge is -2.27. The van der Waals surface area contributed by atoms with Crippen LogP contribution in [-0.4, -0.2) is 37.6 Å². The Bertz CT molecular complexity index is 1140. The molecular weight excluding hydrogens is 418 g/mol. The minimum absolute atomic E-state index is 0.301. The Kier molecular flexibility index (Phi) is 6.95. The number of rotatable bonds is 9. The molecule has 4 rings (SSSR count). The van der Waals surface area contributed by atoms with E-state index in [4.69, 9.17) is 14.2 Å². The summed E-state index contributed by atoms with van der Waals surface area (Å²) in [6.07, 6.45) is 1.50. The van der Waals surface area contributed by atoms with Crippen molar-refractivity contribution >= 4 is 29.2 Å². The maximum Gasteiger partial charge on any atom is 0.333 e. The monoisotopic (exact) mass is 445 g/mol. The van der Waals surface area contributed by atoms with Crippen molar-refractivity contribution in [1.29, 1.82) is 0 Å². The molecule has 0 saturated carbocycles. The topological polar surface area (TPSA) is 68.2 Å². The third kappa shape index (κ3) is 5.02. The summed E-state index contributed by atoms with van der Waals surface area (Å²) < 4.78 is 17.1. The van der Waals surface area contributed by atoms with Gasteiger partial charge < -0.3 is 24.2 Å². The zero-order chi connectivity index (χ0) is 23.2. The van der Waals surface area contributed by atoms with Crippen molar-refractivity contribution in [3.8, 4) is 5.75 Å². The number of nitrogens with zero attached hydrogens (tertiary/aromatic N) is 1. The van der Waals surface area contributed by atoms with Crippen LogP contribution in [-0.2, 0) is 20.7 Å². The lowest BCUT2D eigenvalue weighted by molar-refractivity contribution is -0.149. The smallest absolute Gasteiger partial charge is 0.333 e. The zero-order valence-corrected chi connectivity index (χ0v) is 18.7. The van der Waals surface area contributed by atoms with E-state index < -0.39 is 12.1 Å². The van der Waals surface area contributed by atoms with Gasteiger partial charge >= 0.3 is 5.97 Å². The first-order valence-electron chi connectivity index (χ1n) is 10.9. The van der Waals surface area contributed by atoms with Crippen LogP contribution in [0.5, 0.6) is 5.75 Å². The summed E-state index contributed by atoms with van der Waals surface area (Å²) in [5.74, 6) is 0.535. The molecule has 6 heteroatoms. The molecular formula is C27H27NO5. The summed E-state index contributed by atoms with van der Waals surface area (Å²) in [7, 11) is 1.68. The number of hydrogen-bond acceptors (Lipinski definition) is 5. The second-order valence-electron chi connectivity index (χ2n) is 7.62. The summed E-state index contributed by atoms with van der Waals surface area (Å²) in [4.78, 5) is 13.5. The maximum absolute atomic E-state index is 11.3. The molecule has 0 aromatic heterocycles. The Morgan fingerprint density at radius 3 is 2.36 bits per heavy atom. The minimum Gasteiger partial charge on any atom is -0.496 e. The van der Waals surface area contributed by atoms with Crippen LogP contribution in [0.4, 0.5) is 11.4 Å². The van der Waals surface area contributed by atoms with Crippen molar-refractivity contribution in [2.24, 2.45) is 0 Å². The Labute approximate surface area is 193 Å². The van der Waals surface area contributed by atoms with E-state index in [1.165, 1.54) is 0 Å². The number of hydrogen-bond donors (Lipinski definition) is 1. The number of carboxylic acids is 1. The van der Waals surface area contributed by atoms with Crippen LogP contribution in [0.2, 0.25) is 0 Å². The Morgan fingerprint density at radius 1 is 0.970 bits per heavy atom. The van der Waals surface area contributed by atoms with E-state index in [2.05, 4.69) is 23.1 Å². The van der Waals surface area contributed by atoms with Crippen molar-refractivity contribution in [3.63, 3.8) is 0 Å². The molecule has 0 radical (unpaired) electrons. The fraction of sp³-hybridized carbons (Fsp3) is 0.222. The van der Waals surface area contributed by atoms with Gasteiger partial charge in [0.15, 0.2) is 12.8 Å². The average Bonchev–Trinajstić information content (AvgIpc) is 2.97. The van der Waals surface area contributed by atoms with E-state index in [0.29, 0.717) is 25.5 Å². The van der Waals surface area contributed by atoms with Crippen LogP contribution in [0.1, 0.15) is 23.6 Å². The largest absolute Gasteiger partial charge is 0.496 e. The molecule has 1 atom stereocenters. The summed E-state index contributed by atoms with van der Waals surface area (Å²) >= 11 is 0. The molecule has 1 aliphatic rings. The molecule has 0 spiro atoms. The van der Waals surface area contributed by atoms with Gasteiger partial charge in [-0.2, -0.15) is 0 Å². The number of anilines is 2. The van der Waals surface area contributed by atoms with Gasteiger partial charge in [-0.1, -0.05) is 42.5 Å². The van der Waals surface area contributed by atoms with E-state index in [0.717, 1.165) is 33.8 Å². The highest BCUT2D eigenvalue weighted by Gasteiger charge is 2.22. The molecule has 1 heterocycles. The van der Waals surface area contributed by atoms with Crippen molar-refractivity contribution < 1.29 is 24.1 Å². The molecule has 1 N–H and O–H groups in total. The van der Waals surface area contributed by atoms with Gasteiger partial charge in [-0.05, 0) is 48.9 Å². The molecule has 0 amide bonds. The molecule has 33 heavy (non-hydrogen) atoms. The van der Waals surface area contributed by atoms with Gasteiger partial charge in [0.25, 0.3) is 0 Å². The fourth-order valence-electron chi connectivity index (χ4n) is 3.92. The van der Waals surface area contributed by atoms with Gasteiger partial charge in [0.05, 0.1) is 18.5 Å². The molecule has 0 bridgehead atoms. The van der Waals surface area contributed by atoms with Crippen molar-refractivity contribution in [3.05, 3.63) is 89.5 Å². The van der Waals surface area contributed by atoms with E-state index in [-0.39, 0.29) is 0 Å². The molecule has 170 valence electrons. The Hall–Kier alpha value is -3.77. The van der Waals surface area contributed by atoms with Crippen LogP contribution in [0.25, 0.3) is 11.8 Å². The molecule has 0 fully saturated rings. The van der Waals surface area contributed by atoms with Crippen LogP contribution < -0.4 is 9.64 Å². The van der Waals surface area contributed by atoms with Crippen LogP contribution in [0.3, 0.4) is 0 Å². The molecule has 6 nitrogen and oxygen atoms in total. The van der Waals surface area contributed by atoms with Gasteiger partial charge in [0.2, 0.25) is 0 Å². The summed E-state index contributed by atoms with van der Waals surface area (Å²) in [6, 6.07) is 23.7. The fourth-order valence-corrected chi connectivity index (χ4v) is 3.92. The summed E-state index contributed by atoms with van der Waals surface area (Å²) in [5, 5.41) is 9.30. The minimum atomic E-state index is -0.959. The van der Waals surface area contributed by atoms with E-state index in [1.807, 2.05) is 60.7 Å². The predicted octanol–water partition coefficient (Wildman–Crippen LogP) is 5.35. The predicted molar refractivity (Wildman–Crippen MR) is 129 cm³/mol. The number of benzene rings is 3. The number of para-hydroxylation sites is 2. The van der Waals surface area contributed by atoms with E-state index in [1.54, 1.807) is 14.0 Å². The van der Waals surface area contributed by atoms with Gasteiger partial charge in [-0.3, -0.25) is 0 Å². The van der Waals surface area contributed by atoms with Crippen LogP contribution in [0, 0.1) is 0 Å². The first-order valence-corrected chi connectivity index (χ1v) is 10.9. The molecule has 3 aromatic carbocycles. The summed E-state index contributed by atoms with van der Waals surface area (Å²) in [5.41, 5.74) is 4.93. The third-order valence-corrected chi connectivity index (χ3v) is 5.54. The quantitative estimate of drug-likeness (QED) is 0.479. The first-order chi connectivity index (χ1) is 16.1. The average molecular weight is 446 g/mol. The van der Waals surface area contributed by atoms with E-state index >= 15 is 0 Å². The number of aliphatic carboxylic acids is 1. The highest BCUT2D eigenvalue weighted by Crippen LogP contribution is 2.39. The SMILES string of the molecule is CCOC(Cc1ccc(OCN2c3ccccc3C=C(OC)c3ccccc32)cc1)C(=O)O. The second kappa shape index (κ2) is 10.2. The second-order valence-corrected chi connectivity index (χ2v) is 7.62. The van der Waals surface area contributed by atoms with Gasteiger partial charge in [-0.15, -0.1) is 0 Å². The number of fused-ring (bicyclic) bond motifs is 2. The van der Waals surface area contributed by atoms with Crippen molar-refractivity contribution in [2.75, 3.05) is 25.3 Å². The van der Waals surface area contributed by atoms with Crippen LogP contribution in [0.15, 0.2) is 72.8 Å². The van der Waals surface area contributed by atoms with Gasteiger partial charge in [0.1, 0.15) is 11.5 Å². The third-order valence-electron chi connectivity index (χ3n) is 5.54. The molecule has 0 saturated heterocycles. The first kappa shape index (κ1) is 22.4. The Morgan fingerprint density at radius 2 is 1.67 bits per heavy atom. The van der Waals surface area contributed by atoms with Crippen molar-refractivity contribution in [2.45, 2.75) is 19.4 Å². The maximum atomic E-state index is 11.3. The lowest BCUT2D eigenvalue weighted by Crippen LogP contribution is -2.26. The molecule has 0 aliphatic carbocycles. The van der Waals surface area contributed by atoms with Crippen LogP contribution >= 0.6 is 0 Å². The number of carbonyl (C=O) groups is 1. The highest BCUT2D eigenvalue weighted by molar-refractivity contribution is 5.92. The standard InChI is InChI=1S/C27H27NO5/c1-3-32-26(27(29)30)16-19-12-14-21(15-13-19)33-18-28-23-10-6-4-8-20(23)17-25(31-2)22-9-5-7-11-24(22)28/h4-15,17,26H,3,16,18H2,1-2H3,(H,29,30). The molecule has 3 aromatic rings. The lowest BCUT2D eigenvalue weighted by atomic mass is 10.1. The Balaban J connectivity index is 1.55. The number of methoxy groups -OCH3 is 1. The van der Waals surface area contributed by atoms with Gasteiger partial charge in [0, 0.05) is 24.2 Å². The molecule has 1 aliphatic heterocycles.